The van der Waals surface area contributed by atoms with E-state index in [1.165, 1.54) is 38.5 Å². The highest BCUT2D eigenvalue weighted by molar-refractivity contribution is 5.24. The van der Waals surface area contributed by atoms with Gasteiger partial charge in [0.15, 0.2) is 0 Å². The highest BCUT2D eigenvalue weighted by Crippen LogP contribution is 2.56. The van der Waals surface area contributed by atoms with Crippen LogP contribution in [-0.2, 0) is 0 Å². The molecule has 2 rings (SSSR count). The lowest BCUT2D eigenvalue weighted by Gasteiger charge is -2.42. The Bertz CT molecular complexity index is 187. The molecule has 2 aliphatic carbocycles. The summed E-state index contributed by atoms with van der Waals surface area (Å²) in [5.74, 6) is 0. The van der Waals surface area contributed by atoms with Crippen molar-refractivity contribution in [2.45, 2.75) is 44.9 Å². The maximum Gasteiger partial charge on any atom is -0.00425 e. The van der Waals surface area contributed by atoms with Gasteiger partial charge in [-0.25, -0.2) is 0 Å². The predicted molar refractivity (Wildman–Crippen MR) is 51.9 cm³/mol. The molecule has 0 atom stereocenters. The zero-order chi connectivity index (χ0) is 8.44. The first-order valence-electron chi connectivity index (χ1n) is 5.27. The van der Waals surface area contributed by atoms with Gasteiger partial charge in [-0.15, -0.1) is 0 Å². The SMILES string of the molecule is NCC/C=C1/CCC12CCCC2. The van der Waals surface area contributed by atoms with Gasteiger partial charge in [0, 0.05) is 0 Å². The molecule has 2 saturated carbocycles. The van der Waals surface area contributed by atoms with Gasteiger partial charge in [-0.3, -0.25) is 0 Å². The van der Waals surface area contributed by atoms with E-state index >= 15 is 0 Å². The van der Waals surface area contributed by atoms with Crippen molar-refractivity contribution in [2.24, 2.45) is 11.1 Å². The van der Waals surface area contributed by atoms with Crippen LogP contribution in [-0.4, -0.2) is 6.54 Å². The molecule has 0 saturated heterocycles. The lowest BCUT2D eigenvalue weighted by molar-refractivity contribution is 0.247. The molecule has 0 aromatic carbocycles. The van der Waals surface area contributed by atoms with E-state index in [1.54, 1.807) is 5.57 Å². The van der Waals surface area contributed by atoms with Crippen LogP contribution < -0.4 is 5.73 Å². The van der Waals surface area contributed by atoms with Crippen LogP contribution in [0.3, 0.4) is 0 Å². The van der Waals surface area contributed by atoms with E-state index in [4.69, 9.17) is 5.73 Å². The topological polar surface area (TPSA) is 26.0 Å². The Labute approximate surface area is 75.0 Å². The Balaban J connectivity index is 1.99. The molecular formula is C11H19N. The third kappa shape index (κ3) is 1.20. The van der Waals surface area contributed by atoms with Crippen LogP contribution in [0.5, 0.6) is 0 Å². The number of nitrogens with two attached hydrogens (primary N) is 1. The molecule has 68 valence electrons. The van der Waals surface area contributed by atoms with Crippen LogP contribution in [0.4, 0.5) is 0 Å². The molecule has 0 unspecified atom stereocenters. The van der Waals surface area contributed by atoms with Crippen molar-refractivity contribution < 1.29 is 0 Å². The van der Waals surface area contributed by atoms with Crippen LogP contribution in [0, 0.1) is 5.41 Å². The molecule has 1 nitrogen and oxygen atoms in total. The maximum absolute atomic E-state index is 5.50. The number of rotatable bonds is 2. The van der Waals surface area contributed by atoms with Crippen molar-refractivity contribution in [1.29, 1.82) is 0 Å². The summed E-state index contributed by atoms with van der Waals surface area (Å²) in [6.45, 7) is 0.819. The second-order valence-electron chi connectivity index (χ2n) is 4.29. The first-order chi connectivity index (χ1) is 5.87. The molecule has 0 radical (unpaired) electrons. The van der Waals surface area contributed by atoms with Gasteiger partial charge in [0.1, 0.15) is 0 Å². The molecule has 1 spiro atoms. The average Bonchev–Trinajstić information content (AvgIpc) is 2.53. The Morgan fingerprint density at radius 1 is 1.25 bits per heavy atom. The smallest absolute Gasteiger partial charge is 0.00425 e. The molecule has 2 aliphatic rings. The monoisotopic (exact) mass is 165 g/mol. The van der Waals surface area contributed by atoms with E-state index < -0.39 is 0 Å². The van der Waals surface area contributed by atoms with E-state index in [1.807, 2.05) is 0 Å². The molecule has 2 fully saturated rings. The molecule has 0 amide bonds. The quantitative estimate of drug-likeness (QED) is 0.625. The number of hydrogen-bond donors (Lipinski definition) is 1. The highest BCUT2D eigenvalue weighted by Gasteiger charge is 2.43. The fourth-order valence-corrected chi connectivity index (χ4v) is 2.82. The van der Waals surface area contributed by atoms with Gasteiger partial charge in [0.25, 0.3) is 0 Å². The molecule has 0 aliphatic heterocycles. The normalized spacial score (nSPS) is 29.6. The van der Waals surface area contributed by atoms with Gasteiger partial charge >= 0.3 is 0 Å². The van der Waals surface area contributed by atoms with E-state index in [0.717, 1.165) is 13.0 Å². The standard InChI is InChI=1S/C11H19N/c12-9-3-4-10-5-8-11(10)6-1-2-7-11/h4H,1-3,5-9,12H2/b10-4-. The minimum absolute atomic E-state index is 0.690. The second-order valence-corrected chi connectivity index (χ2v) is 4.29. The third-order valence-corrected chi connectivity index (χ3v) is 3.67. The Morgan fingerprint density at radius 3 is 2.50 bits per heavy atom. The summed E-state index contributed by atoms with van der Waals surface area (Å²) in [5.41, 5.74) is 7.93. The molecule has 2 N–H and O–H groups in total. The van der Waals surface area contributed by atoms with E-state index in [-0.39, 0.29) is 0 Å². The summed E-state index contributed by atoms with van der Waals surface area (Å²) in [7, 11) is 0. The van der Waals surface area contributed by atoms with Crippen molar-refractivity contribution in [1.82, 2.24) is 0 Å². The minimum atomic E-state index is 0.690. The maximum atomic E-state index is 5.50. The second kappa shape index (κ2) is 3.21. The van der Waals surface area contributed by atoms with Gasteiger partial charge in [0.05, 0.1) is 0 Å². The molecule has 12 heavy (non-hydrogen) atoms. The van der Waals surface area contributed by atoms with E-state index in [0.29, 0.717) is 5.41 Å². The van der Waals surface area contributed by atoms with Crippen LogP contribution in [0.1, 0.15) is 44.9 Å². The lowest BCUT2D eigenvalue weighted by Crippen LogP contribution is -2.29. The Kier molecular flexibility index (Phi) is 2.22. The minimum Gasteiger partial charge on any atom is -0.330 e. The van der Waals surface area contributed by atoms with Crippen LogP contribution in [0.25, 0.3) is 0 Å². The van der Waals surface area contributed by atoms with Crippen LogP contribution in [0.15, 0.2) is 11.6 Å². The van der Waals surface area contributed by atoms with Crippen molar-refractivity contribution in [3.63, 3.8) is 0 Å². The summed E-state index contributed by atoms with van der Waals surface area (Å²) in [4.78, 5) is 0. The van der Waals surface area contributed by atoms with Crippen molar-refractivity contribution in [3.8, 4) is 0 Å². The molecule has 0 bridgehead atoms. The number of hydrogen-bond acceptors (Lipinski definition) is 1. The largest absolute Gasteiger partial charge is 0.330 e. The van der Waals surface area contributed by atoms with Crippen LogP contribution in [0.2, 0.25) is 0 Å². The Morgan fingerprint density at radius 2 is 2.00 bits per heavy atom. The van der Waals surface area contributed by atoms with Gasteiger partial charge in [-0.1, -0.05) is 24.5 Å². The zero-order valence-electron chi connectivity index (χ0n) is 7.81. The van der Waals surface area contributed by atoms with Crippen molar-refractivity contribution in [2.75, 3.05) is 6.54 Å². The predicted octanol–water partition coefficient (Wildman–Crippen LogP) is 2.62. The number of allylic oxidation sites excluding steroid dienone is 1. The van der Waals surface area contributed by atoms with Gasteiger partial charge in [-0.2, -0.15) is 0 Å². The Hall–Kier alpha value is -0.300. The average molecular weight is 165 g/mol. The summed E-state index contributed by atoms with van der Waals surface area (Å²) >= 11 is 0. The van der Waals surface area contributed by atoms with E-state index in [9.17, 15) is 0 Å². The highest BCUT2D eigenvalue weighted by atomic mass is 14.5. The molecule has 0 heterocycles. The summed E-state index contributed by atoms with van der Waals surface area (Å²) < 4.78 is 0. The molecule has 0 aromatic heterocycles. The first-order valence-corrected chi connectivity index (χ1v) is 5.27. The zero-order valence-corrected chi connectivity index (χ0v) is 7.81. The van der Waals surface area contributed by atoms with Gasteiger partial charge in [-0.05, 0) is 44.1 Å². The summed E-state index contributed by atoms with van der Waals surface area (Å²) in [6, 6.07) is 0. The van der Waals surface area contributed by atoms with Crippen molar-refractivity contribution in [3.05, 3.63) is 11.6 Å². The molecule has 0 aromatic rings. The fourth-order valence-electron chi connectivity index (χ4n) is 2.82. The van der Waals surface area contributed by atoms with E-state index in [2.05, 4.69) is 6.08 Å². The summed E-state index contributed by atoms with van der Waals surface area (Å²) in [6.07, 6.45) is 12.2. The third-order valence-electron chi connectivity index (χ3n) is 3.67. The molecular weight excluding hydrogens is 146 g/mol. The van der Waals surface area contributed by atoms with Gasteiger partial charge < -0.3 is 5.73 Å². The van der Waals surface area contributed by atoms with Crippen molar-refractivity contribution >= 4 is 0 Å². The lowest BCUT2D eigenvalue weighted by atomic mass is 9.63. The summed E-state index contributed by atoms with van der Waals surface area (Å²) in [5, 5.41) is 0. The van der Waals surface area contributed by atoms with Crippen LogP contribution >= 0.6 is 0 Å². The van der Waals surface area contributed by atoms with Gasteiger partial charge in [0.2, 0.25) is 0 Å². The fraction of sp³-hybridized carbons (Fsp3) is 0.818. The molecule has 1 heteroatoms. The first kappa shape index (κ1) is 8.31.